The molecule has 2 aromatic heterocycles. The van der Waals surface area contributed by atoms with Crippen LogP contribution in [0, 0.1) is 0 Å². The SMILES string of the molecule is c1ccc2c(c1)-c1ccccc1C21c2ccccc2-c2c1cc1cc(-c3cccc4oc5c6ccccc6ccc5c34)ccc1c2-c1ccc2oc3ccccc3c2c1. The van der Waals surface area contributed by atoms with Crippen molar-refractivity contribution in [3.63, 3.8) is 0 Å². The lowest BCUT2D eigenvalue weighted by Crippen LogP contribution is -2.25. The van der Waals surface area contributed by atoms with Gasteiger partial charge in [0.1, 0.15) is 22.3 Å². The van der Waals surface area contributed by atoms with Crippen LogP contribution in [0.1, 0.15) is 22.3 Å². The molecule has 10 aromatic carbocycles. The van der Waals surface area contributed by atoms with Gasteiger partial charge in [-0.3, -0.25) is 0 Å². The summed E-state index contributed by atoms with van der Waals surface area (Å²) in [6.07, 6.45) is 0. The number of hydrogen-bond acceptors (Lipinski definition) is 2. The van der Waals surface area contributed by atoms with Gasteiger partial charge in [0, 0.05) is 26.9 Å². The van der Waals surface area contributed by atoms with Crippen LogP contribution in [0.15, 0.2) is 203 Å². The van der Waals surface area contributed by atoms with Crippen molar-refractivity contribution in [1.82, 2.24) is 0 Å². The highest BCUT2D eigenvalue weighted by Crippen LogP contribution is 2.65. The Kier molecular flexibility index (Phi) is 5.99. The van der Waals surface area contributed by atoms with E-state index < -0.39 is 5.41 Å². The lowest BCUT2D eigenvalue weighted by molar-refractivity contribution is 0.669. The van der Waals surface area contributed by atoms with Gasteiger partial charge in [0.2, 0.25) is 0 Å². The summed E-state index contributed by atoms with van der Waals surface area (Å²) in [5.41, 5.74) is 18.5. The molecular weight excluding hydrogens is 717 g/mol. The Balaban J connectivity index is 1.12. The Hall–Kier alpha value is -7.68. The minimum absolute atomic E-state index is 0.480. The summed E-state index contributed by atoms with van der Waals surface area (Å²) in [5, 5.41) is 9.29. The third-order valence-electron chi connectivity index (χ3n) is 13.5. The first-order valence-corrected chi connectivity index (χ1v) is 20.4. The van der Waals surface area contributed by atoms with Gasteiger partial charge in [0.15, 0.2) is 0 Å². The summed E-state index contributed by atoms with van der Waals surface area (Å²) in [5.74, 6) is 0. The average molecular weight is 749 g/mol. The van der Waals surface area contributed by atoms with Gasteiger partial charge >= 0.3 is 0 Å². The van der Waals surface area contributed by atoms with Gasteiger partial charge in [-0.1, -0.05) is 152 Å². The normalized spacial score (nSPS) is 13.6. The third-order valence-corrected chi connectivity index (χ3v) is 13.5. The third kappa shape index (κ3) is 3.96. The number of rotatable bonds is 2. The number of fused-ring (bicyclic) bond motifs is 19. The van der Waals surface area contributed by atoms with Crippen LogP contribution >= 0.6 is 0 Å². The van der Waals surface area contributed by atoms with Crippen molar-refractivity contribution in [2.45, 2.75) is 5.41 Å². The number of para-hydroxylation sites is 1. The molecule has 0 saturated heterocycles. The zero-order valence-electron chi connectivity index (χ0n) is 31.8. The first-order valence-electron chi connectivity index (χ1n) is 20.4. The maximum absolute atomic E-state index is 6.67. The molecule has 0 amide bonds. The zero-order valence-corrected chi connectivity index (χ0v) is 31.8. The molecule has 272 valence electrons. The van der Waals surface area contributed by atoms with Crippen LogP contribution in [0.5, 0.6) is 0 Å². The topological polar surface area (TPSA) is 26.3 Å². The molecule has 0 N–H and O–H groups in total. The molecule has 2 heterocycles. The van der Waals surface area contributed by atoms with Gasteiger partial charge in [-0.25, -0.2) is 0 Å². The molecule has 0 radical (unpaired) electrons. The molecule has 0 fully saturated rings. The lowest BCUT2D eigenvalue weighted by Gasteiger charge is -2.31. The van der Waals surface area contributed by atoms with Crippen molar-refractivity contribution in [2.24, 2.45) is 0 Å². The van der Waals surface area contributed by atoms with Gasteiger partial charge < -0.3 is 8.83 Å². The molecule has 0 unspecified atom stereocenters. The van der Waals surface area contributed by atoms with Crippen molar-refractivity contribution < 1.29 is 8.83 Å². The maximum atomic E-state index is 6.67. The van der Waals surface area contributed by atoms with Crippen LogP contribution in [0.25, 0.3) is 110 Å². The summed E-state index contributed by atoms with van der Waals surface area (Å²) in [6, 6.07) is 71.5. The summed E-state index contributed by atoms with van der Waals surface area (Å²) < 4.78 is 13.0. The van der Waals surface area contributed by atoms with Crippen LogP contribution in [-0.4, -0.2) is 0 Å². The second-order valence-electron chi connectivity index (χ2n) is 16.3. The molecule has 12 aromatic rings. The molecule has 0 bridgehead atoms. The van der Waals surface area contributed by atoms with Gasteiger partial charge in [-0.15, -0.1) is 0 Å². The summed E-state index contributed by atoms with van der Waals surface area (Å²) in [6.45, 7) is 0. The van der Waals surface area contributed by atoms with Crippen molar-refractivity contribution in [2.75, 3.05) is 0 Å². The predicted octanol–water partition coefficient (Wildman–Crippen LogP) is 15.5. The first-order chi connectivity index (χ1) is 29.3. The fourth-order valence-electron chi connectivity index (χ4n) is 11.1. The van der Waals surface area contributed by atoms with E-state index >= 15 is 0 Å². The molecule has 2 aliphatic carbocycles. The monoisotopic (exact) mass is 748 g/mol. The minimum Gasteiger partial charge on any atom is -0.456 e. The van der Waals surface area contributed by atoms with Crippen molar-refractivity contribution in [3.8, 4) is 44.5 Å². The van der Waals surface area contributed by atoms with E-state index in [4.69, 9.17) is 8.83 Å². The Morgan fingerprint density at radius 2 is 0.932 bits per heavy atom. The van der Waals surface area contributed by atoms with Crippen molar-refractivity contribution in [3.05, 3.63) is 216 Å². The van der Waals surface area contributed by atoms with Crippen LogP contribution in [0.2, 0.25) is 0 Å². The van der Waals surface area contributed by atoms with Gasteiger partial charge in [-0.05, 0) is 125 Å². The van der Waals surface area contributed by atoms with Gasteiger partial charge in [-0.2, -0.15) is 0 Å². The quantitative estimate of drug-likeness (QED) is 0.176. The fraction of sp³-hybridized carbons (Fsp3) is 0.0175. The highest BCUT2D eigenvalue weighted by atomic mass is 16.3. The van der Waals surface area contributed by atoms with Crippen LogP contribution in [-0.2, 0) is 5.41 Å². The van der Waals surface area contributed by atoms with E-state index in [1.807, 2.05) is 6.07 Å². The molecule has 0 atom stereocenters. The fourth-order valence-corrected chi connectivity index (χ4v) is 11.1. The van der Waals surface area contributed by atoms with Gasteiger partial charge in [0.05, 0.1) is 5.41 Å². The number of hydrogen-bond donors (Lipinski definition) is 0. The van der Waals surface area contributed by atoms with E-state index in [0.717, 1.165) is 54.8 Å². The van der Waals surface area contributed by atoms with Crippen LogP contribution in [0.4, 0.5) is 0 Å². The Labute approximate surface area is 339 Å². The highest BCUT2D eigenvalue weighted by molar-refractivity contribution is 6.20. The van der Waals surface area contributed by atoms with E-state index in [1.54, 1.807) is 0 Å². The Bertz CT molecular complexity index is 3750. The zero-order chi connectivity index (χ0) is 38.4. The average Bonchev–Trinajstić information content (AvgIpc) is 4.03. The molecule has 0 aliphatic heterocycles. The second kappa shape index (κ2) is 11.2. The van der Waals surface area contributed by atoms with Crippen LogP contribution < -0.4 is 0 Å². The second-order valence-corrected chi connectivity index (χ2v) is 16.3. The first kappa shape index (κ1) is 31.4. The molecular formula is C57H32O2. The summed E-state index contributed by atoms with van der Waals surface area (Å²) in [4.78, 5) is 0. The van der Waals surface area contributed by atoms with E-state index in [9.17, 15) is 0 Å². The number of furan rings is 2. The van der Waals surface area contributed by atoms with E-state index in [2.05, 4.69) is 188 Å². The summed E-state index contributed by atoms with van der Waals surface area (Å²) in [7, 11) is 0. The lowest BCUT2D eigenvalue weighted by atomic mass is 9.70. The van der Waals surface area contributed by atoms with Crippen molar-refractivity contribution >= 4 is 65.4 Å². The van der Waals surface area contributed by atoms with E-state index in [-0.39, 0.29) is 0 Å². The molecule has 59 heavy (non-hydrogen) atoms. The van der Waals surface area contributed by atoms with E-state index in [0.29, 0.717) is 0 Å². The molecule has 2 heteroatoms. The standard InChI is InChI=1S/C57H32O2/c1-2-13-39-33(12-1)24-28-44-54-37(18-11-23-52(54)59-56(39)44)34-25-27-38-36(30-34)32-49-55(53(38)35-26-29-51-45(31-35)42-16-6-10-22-50(42)58-51)43-17-5-9-21-48(43)57(49)46-19-7-3-14-40(46)41-15-4-8-20-47(41)57/h1-32H. The molecule has 0 saturated carbocycles. The smallest absolute Gasteiger partial charge is 0.143 e. The van der Waals surface area contributed by atoms with Gasteiger partial charge in [0.25, 0.3) is 0 Å². The maximum Gasteiger partial charge on any atom is 0.143 e. The molecule has 14 rings (SSSR count). The molecule has 2 aliphatic rings. The minimum atomic E-state index is -0.480. The largest absolute Gasteiger partial charge is 0.456 e. The highest BCUT2D eigenvalue weighted by Gasteiger charge is 2.52. The predicted molar refractivity (Wildman–Crippen MR) is 243 cm³/mol. The molecule has 2 nitrogen and oxygen atoms in total. The Morgan fingerprint density at radius 1 is 0.305 bits per heavy atom. The molecule has 1 spiro atoms. The number of benzene rings is 10. The van der Waals surface area contributed by atoms with Crippen molar-refractivity contribution in [1.29, 1.82) is 0 Å². The van der Waals surface area contributed by atoms with Crippen LogP contribution in [0.3, 0.4) is 0 Å². The Morgan fingerprint density at radius 3 is 1.76 bits per heavy atom. The summed E-state index contributed by atoms with van der Waals surface area (Å²) >= 11 is 0. The van der Waals surface area contributed by atoms with E-state index in [1.165, 1.54) is 77.4 Å².